The Hall–Kier alpha value is -1.15. The largest absolute Gasteiger partial charge is 0.335 e. The molecule has 0 aliphatic carbocycles. The van der Waals surface area contributed by atoms with Crippen LogP contribution in [0, 0.1) is 15.2 Å². The Morgan fingerprint density at radius 2 is 2.08 bits per heavy atom. The molecule has 0 N–H and O–H groups in total. The highest BCUT2D eigenvalue weighted by atomic mass is 32.1. The molecule has 1 aromatic rings. The minimum atomic E-state index is -0.750. The lowest BCUT2D eigenvalue weighted by molar-refractivity contribution is -0.384. The second-order valence-electron chi connectivity index (χ2n) is 1.43. The van der Waals surface area contributed by atoms with Gasteiger partial charge in [-0.2, -0.15) is 12.8 Å². The number of hydrogen-bond donors (Lipinski definition) is 0. The summed E-state index contributed by atoms with van der Waals surface area (Å²) in [5.74, 6) is 0. The summed E-state index contributed by atoms with van der Waals surface area (Å²) in [6, 6.07) is 0.894. The minimum absolute atomic E-state index is 0.183. The summed E-state index contributed by atoms with van der Waals surface area (Å²) in [6.45, 7) is 0. The van der Waals surface area contributed by atoms with Crippen LogP contribution in [-0.4, -0.2) is 13.3 Å². The first-order valence-corrected chi connectivity index (χ1v) is 3.96. The van der Waals surface area contributed by atoms with Crippen LogP contribution in [0.2, 0.25) is 0 Å². The monoisotopic (exact) mass is 211 g/mol. The highest BCUT2D eigenvalue weighted by Gasteiger charge is 2.07. The third kappa shape index (κ3) is 3.88. The summed E-state index contributed by atoms with van der Waals surface area (Å²) < 4.78 is 28.6. The first-order chi connectivity index (χ1) is 5.61. The number of rotatable bonds is 1. The molecule has 0 saturated carbocycles. The van der Waals surface area contributed by atoms with Crippen LogP contribution in [0.4, 0.5) is 10.1 Å². The maximum atomic E-state index is 12.0. The van der Waals surface area contributed by atoms with E-state index >= 15 is 0 Å². The quantitative estimate of drug-likeness (QED) is 0.515. The van der Waals surface area contributed by atoms with Gasteiger partial charge in [-0.05, 0) is 0 Å². The molecule has 0 aliphatic rings. The lowest BCUT2D eigenvalue weighted by atomic mass is 10.6. The van der Waals surface area contributed by atoms with E-state index in [0.717, 1.165) is 22.8 Å². The number of nitro groups is 1. The van der Waals surface area contributed by atoms with Crippen molar-refractivity contribution in [2.45, 2.75) is 0 Å². The molecule has 1 aromatic heterocycles. The molecule has 0 radical (unpaired) electrons. The van der Waals surface area contributed by atoms with Crippen molar-refractivity contribution in [2.75, 3.05) is 0 Å². The van der Waals surface area contributed by atoms with Crippen molar-refractivity contribution in [1.82, 2.24) is 0 Å². The van der Waals surface area contributed by atoms with Gasteiger partial charge in [-0.25, -0.2) is 0 Å². The van der Waals surface area contributed by atoms with Crippen LogP contribution in [0.1, 0.15) is 0 Å². The fraction of sp³-hybridized carbons (Fsp3) is 0. The maximum absolute atomic E-state index is 12.0. The van der Waals surface area contributed by atoms with Gasteiger partial charge in [0, 0.05) is 0 Å². The van der Waals surface area contributed by atoms with Gasteiger partial charge < -0.3 is 0 Å². The van der Waals surface area contributed by atoms with E-state index in [1.807, 2.05) is 0 Å². The van der Waals surface area contributed by atoms with Gasteiger partial charge in [-0.3, -0.25) is 10.1 Å². The van der Waals surface area contributed by atoms with Crippen LogP contribution in [0.15, 0.2) is 11.4 Å². The lowest BCUT2D eigenvalue weighted by Gasteiger charge is -1.77. The molecular weight excluding hydrogens is 209 g/mol. The molecule has 8 heteroatoms. The van der Waals surface area contributed by atoms with Crippen molar-refractivity contribution < 1.29 is 17.7 Å². The van der Waals surface area contributed by atoms with Crippen molar-refractivity contribution in [1.29, 1.82) is 0 Å². The summed E-state index contributed by atoms with van der Waals surface area (Å²) in [6.07, 6.45) is 0. The number of halogens is 1. The zero-order valence-electron chi connectivity index (χ0n) is 5.43. The topological polar surface area (TPSA) is 77.3 Å². The van der Waals surface area contributed by atoms with Gasteiger partial charge in [0.05, 0.1) is 16.4 Å². The van der Waals surface area contributed by atoms with E-state index in [0.29, 0.717) is 0 Å². The summed E-state index contributed by atoms with van der Waals surface area (Å²) in [5.41, 5.74) is -0.183. The smallest absolute Gasteiger partial charge is 0.258 e. The fourth-order valence-electron chi connectivity index (χ4n) is 0.397. The summed E-state index contributed by atoms with van der Waals surface area (Å²) in [5, 5.41) is 10.5. The first kappa shape index (κ1) is 10.8. The lowest BCUT2D eigenvalue weighted by Crippen LogP contribution is -1.82. The Morgan fingerprint density at radius 1 is 1.58 bits per heavy atom. The third-order valence-corrected chi connectivity index (χ3v) is 1.47. The Kier molecular flexibility index (Phi) is 4.97. The number of nitrogens with zero attached hydrogens (tertiary/aromatic N) is 1. The molecule has 0 fully saturated rings. The average Bonchev–Trinajstić information content (AvgIpc) is 2.37. The minimum Gasteiger partial charge on any atom is -0.258 e. The van der Waals surface area contributed by atoms with Crippen molar-refractivity contribution in [3.8, 4) is 0 Å². The second-order valence-corrected chi connectivity index (χ2v) is 2.43. The van der Waals surface area contributed by atoms with Crippen molar-refractivity contribution in [3.05, 3.63) is 26.7 Å². The van der Waals surface area contributed by atoms with E-state index in [9.17, 15) is 14.5 Å². The van der Waals surface area contributed by atoms with E-state index < -0.39 is 21.6 Å². The molecule has 5 nitrogen and oxygen atoms in total. The van der Waals surface area contributed by atoms with Crippen LogP contribution in [0.3, 0.4) is 0 Å². The molecule has 1 rings (SSSR count). The second kappa shape index (κ2) is 5.49. The maximum Gasteiger partial charge on any atom is 0.335 e. The molecule has 66 valence electrons. The first-order valence-electron chi connectivity index (χ1n) is 2.42. The highest BCUT2D eigenvalue weighted by molar-refractivity contribution is 7.51. The Morgan fingerprint density at radius 3 is 2.25 bits per heavy atom. The van der Waals surface area contributed by atoms with Crippen LogP contribution in [-0.2, 0) is 11.6 Å². The van der Waals surface area contributed by atoms with E-state index in [1.54, 1.807) is 0 Å². The molecule has 0 aromatic carbocycles. The molecule has 1 heterocycles. The number of hydrogen-bond acceptors (Lipinski definition) is 5. The third-order valence-electron chi connectivity index (χ3n) is 0.764. The molecule has 0 bridgehead atoms. The van der Waals surface area contributed by atoms with Crippen LogP contribution >= 0.6 is 11.3 Å². The molecule has 0 atom stereocenters. The van der Waals surface area contributed by atoms with Gasteiger partial charge in [0.2, 0.25) is 0 Å². The van der Waals surface area contributed by atoms with Crippen LogP contribution in [0.25, 0.3) is 0 Å². The van der Waals surface area contributed by atoms with E-state index in [1.165, 1.54) is 0 Å². The average molecular weight is 211 g/mol. The Bertz CT molecular complexity index is 306. The molecule has 0 spiro atoms. The summed E-state index contributed by atoms with van der Waals surface area (Å²) in [7, 11) is 0. The van der Waals surface area contributed by atoms with Crippen molar-refractivity contribution >= 4 is 28.6 Å². The zero-order valence-corrected chi connectivity index (χ0v) is 7.06. The van der Waals surface area contributed by atoms with E-state index in [2.05, 4.69) is 0 Å². The zero-order chi connectivity index (χ0) is 9.56. The highest BCUT2D eigenvalue weighted by Crippen LogP contribution is 2.18. The van der Waals surface area contributed by atoms with E-state index in [-0.39, 0.29) is 5.69 Å². The Labute approximate surface area is 73.6 Å². The standard InChI is InChI=1S/C4H2FNO2S.O2S/c5-4-1-3(2-9-4)6(7)8;1-3-2/h1-2H;. The molecule has 12 heavy (non-hydrogen) atoms. The van der Waals surface area contributed by atoms with E-state index in [4.69, 9.17) is 8.42 Å². The van der Waals surface area contributed by atoms with Gasteiger partial charge in [0.1, 0.15) is 0 Å². The predicted octanol–water partition coefficient (Wildman–Crippen LogP) is 1.13. The van der Waals surface area contributed by atoms with Crippen molar-refractivity contribution in [2.24, 2.45) is 0 Å². The van der Waals surface area contributed by atoms with Gasteiger partial charge >= 0.3 is 11.6 Å². The molecular formula is C4H2FNO4S2. The van der Waals surface area contributed by atoms with Crippen LogP contribution < -0.4 is 0 Å². The predicted molar refractivity (Wildman–Crippen MR) is 39.9 cm³/mol. The SMILES string of the molecule is O=S=O.O=[N+]([O-])c1csc(F)c1. The summed E-state index contributed by atoms with van der Waals surface area (Å²) in [4.78, 5) is 9.23. The summed E-state index contributed by atoms with van der Waals surface area (Å²) >= 11 is -0.0256. The Balaban J connectivity index is 0.000000354. The van der Waals surface area contributed by atoms with Crippen LogP contribution in [0.5, 0.6) is 0 Å². The molecule has 0 saturated heterocycles. The number of thiophene rings is 1. The molecule has 0 amide bonds. The van der Waals surface area contributed by atoms with Gasteiger partial charge in [-0.1, -0.05) is 0 Å². The normalized spacial score (nSPS) is 8.08. The van der Waals surface area contributed by atoms with Gasteiger partial charge in [0.15, 0.2) is 5.13 Å². The van der Waals surface area contributed by atoms with Crippen molar-refractivity contribution in [3.63, 3.8) is 0 Å². The fourth-order valence-corrected chi connectivity index (χ4v) is 0.973. The molecule has 0 aliphatic heterocycles. The van der Waals surface area contributed by atoms with Gasteiger partial charge in [0.25, 0.3) is 5.69 Å². The van der Waals surface area contributed by atoms with Gasteiger partial charge in [-0.15, -0.1) is 11.3 Å². The molecule has 0 unspecified atom stereocenters.